The van der Waals surface area contributed by atoms with Crippen LogP contribution >= 0.6 is 0 Å². The van der Waals surface area contributed by atoms with Crippen molar-refractivity contribution in [1.29, 1.82) is 0 Å². The molecule has 1 saturated heterocycles. The maximum Gasteiger partial charge on any atom is 0.310 e. The molecule has 1 fully saturated rings. The fourth-order valence-electron chi connectivity index (χ4n) is 1.94. The summed E-state index contributed by atoms with van der Waals surface area (Å²) >= 11 is 0. The molecule has 86 valence electrons. The molecule has 1 atom stereocenters. The van der Waals surface area contributed by atoms with Crippen LogP contribution in [-0.4, -0.2) is 36.1 Å². The Labute approximate surface area is 94.5 Å². The minimum Gasteiger partial charge on any atom is -0.469 e. The van der Waals surface area contributed by atoms with E-state index < -0.39 is 0 Å². The number of aryl methyl sites for hydroxylation is 1. The van der Waals surface area contributed by atoms with Gasteiger partial charge in [0.25, 0.3) is 0 Å². The van der Waals surface area contributed by atoms with Gasteiger partial charge in [-0.2, -0.15) is 0 Å². The molecule has 0 saturated carbocycles. The average Bonchev–Trinajstić information content (AvgIpc) is 2.77. The van der Waals surface area contributed by atoms with Crippen LogP contribution in [0.4, 0.5) is 5.82 Å². The van der Waals surface area contributed by atoms with Crippen LogP contribution in [-0.2, 0) is 9.53 Å². The quantitative estimate of drug-likeness (QED) is 0.691. The number of ether oxygens (including phenoxy) is 1. The lowest BCUT2D eigenvalue weighted by Crippen LogP contribution is -2.24. The zero-order valence-corrected chi connectivity index (χ0v) is 9.51. The molecule has 0 amide bonds. The zero-order valence-electron chi connectivity index (χ0n) is 9.51. The number of carbonyl (C=O) groups excluding carboxylic acids is 1. The predicted octanol–water partition coefficient (Wildman–Crippen LogP) is 0.784. The third-order valence-corrected chi connectivity index (χ3v) is 2.84. The number of esters is 1. The molecule has 0 aliphatic carbocycles. The van der Waals surface area contributed by atoms with Crippen molar-refractivity contribution in [2.45, 2.75) is 13.3 Å². The van der Waals surface area contributed by atoms with Crippen LogP contribution in [0.1, 0.15) is 12.1 Å². The smallest absolute Gasteiger partial charge is 0.310 e. The topological polar surface area (TPSA) is 55.3 Å². The lowest BCUT2D eigenvalue weighted by atomic mass is 10.1. The fraction of sp³-hybridized carbons (Fsp3) is 0.545. The minimum atomic E-state index is -0.131. The van der Waals surface area contributed by atoms with Crippen LogP contribution in [0.3, 0.4) is 0 Å². The van der Waals surface area contributed by atoms with E-state index in [0.717, 1.165) is 24.5 Å². The van der Waals surface area contributed by atoms with E-state index in [1.165, 1.54) is 7.11 Å². The first-order valence-electron chi connectivity index (χ1n) is 5.32. The second-order valence-corrected chi connectivity index (χ2v) is 3.97. The SMILES string of the molecule is COC(=O)C1CCN(c2cc(C)ncn2)C1. The Morgan fingerprint density at radius 2 is 2.38 bits per heavy atom. The monoisotopic (exact) mass is 221 g/mol. The maximum atomic E-state index is 11.4. The Morgan fingerprint density at radius 3 is 3.06 bits per heavy atom. The van der Waals surface area contributed by atoms with Crippen LogP contribution in [0.15, 0.2) is 12.4 Å². The zero-order chi connectivity index (χ0) is 11.5. The van der Waals surface area contributed by atoms with Crippen LogP contribution in [0.2, 0.25) is 0 Å². The third-order valence-electron chi connectivity index (χ3n) is 2.84. The first-order chi connectivity index (χ1) is 7.70. The largest absolute Gasteiger partial charge is 0.469 e. The van der Waals surface area contributed by atoms with Crippen molar-refractivity contribution in [2.75, 3.05) is 25.1 Å². The maximum absolute atomic E-state index is 11.4. The van der Waals surface area contributed by atoms with Crippen molar-refractivity contribution in [3.63, 3.8) is 0 Å². The molecule has 2 rings (SSSR count). The second kappa shape index (κ2) is 4.47. The molecule has 0 N–H and O–H groups in total. The summed E-state index contributed by atoms with van der Waals surface area (Å²) in [7, 11) is 1.43. The van der Waals surface area contributed by atoms with Gasteiger partial charge in [0.2, 0.25) is 0 Å². The fourth-order valence-corrected chi connectivity index (χ4v) is 1.94. The Bertz CT molecular complexity index is 395. The molecule has 0 bridgehead atoms. The summed E-state index contributed by atoms with van der Waals surface area (Å²) in [6, 6.07) is 1.93. The Morgan fingerprint density at radius 1 is 1.56 bits per heavy atom. The first-order valence-corrected chi connectivity index (χ1v) is 5.32. The van der Waals surface area contributed by atoms with E-state index in [4.69, 9.17) is 4.74 Å². The van der Waals surface area contributed by atoms with Crippen molar-refractivity contribution in [2.24, 2.45) is 5.92 Å². The summed E-state index contributed by atoms with van der Waals surface area (Å²) in [5, 5.41) is 0. The van der Waals surface area contributed by atoms with Gasteiger partial charge >= 0.3 is 5.97 Å². The van der Waals surface area contributed by atoms with Crippen molar-refractivity contribution in [3.8, 4) is 0 Å². The number of hydrogen-bond acceptors (Lipinski definition) is 5. The molecule has 5 nitrogen and oxygen atoms in total. The van der Waals surface area contributed by atoms with Gasteiger partial charge in [0.15, 0.2) is 0 Å². The lowest BCUT2D eigenvalue weighted by Gasteiger charge is -2.16. The lowest BCUT2D eigenvalue weighted by molar-refractivity contribution is -0.144. The molecular formula is C11H15N3O2. The van der Waals surface area contributed by atoms with E-state index in [2.05, 4.69) is 14.9 Å². The summed E-state index contributed by atoms with van der Waals surface area (Å²) in [5.41, 5.74) is 0.937. The van der Waals surface area contributed by atoms with Gasteiger partial charge in [-0.1, -0.05) is 0 Å². The number of methoxy groups -OCH3 is 1. The molecule has 0 spiro atoms. The standard InChI is InChI=1S/C11H15N3O2/c1-8-5-10(13-7-12-8)14-4-3-9(6-14)11(15)16-2/h5,7,9H,3-4,6H2,1-2H3. The van der Waals surface area contributed by atoms with Gasteiger partial charge in [-0.25, -0.2) is 9.97 Å². The summed E-state index contributed by atoms with van der Waals surface area (Å²) in [4.78, 5) is 21.7. The Hall–Kier alpha value is -1.65. The van der Waals surface area contributed by atoms with Gasteiger partial charge in [-0.15, -0.1) is 0 Å². The van der Waals surface area contributed by atoms with Crippen molar-refractivity contribution in [3.05, 3.63) is 18.1 Å². The van der Waals surface area contributed by atoms with Crippen LogP contribution in [0.25, 0.3) is 0 Å². The summed E-state index contributed by atoms with van der Waals surface area (Å²) in [6.07, 6.45) is 2.38. The molecule has 16 heavy (non-hydrogen) atoms. The summed E-state index contributed by atoms with van der Waals surface area (Å²) < 4.78 is 4.74. The Balaban J connectivity index is 2.06. The average molecular weight is 221 g/mol. The molecular weight excluding hydrogens is 206 g/mol. The highest BCUT2D eigenvalue weighted by molar-refractivity contribution is 5.74. The van der Waals surface area contributed by atoms with Crippen LogP contribution in [0.5, 0.6) is 0 Å². The summed E-state index contributed by atoms with van der Waals surface area (Å²) in [6.45, 7) is 3.46. The molecule has 5 heteroatoms. The van der Waals surface area contributed by atoms with Crippen LogP contribution < -0.4 is 4.90 Å². The van der Waals surface area contributed by atoms with Gasteiger partial charge in [-0.05, 0) is 13.3 Å². The molecule has 1 aromatic rings. The second-order valence-electron chi connectivity index (χ2n) is 3.97. The van der Waals surface area contributed by atoms with E-state index in [1.807, 2.05) is 13.0 Å². The minimum absolute atomic E-state index is 0.0275. The Kier molecular flexibility index (Phi) is 3.03. The molecule has 1 aromatic heterocycles. The molecule has 0 aromatic carbocycles. The number of hydrogen-bond donors (Lipinski definition) is 0. The van der Waals surface area contributed by atoms with Gasteiger partial charge in [0.1, 0.15) is 12.1 Å². The highest BCUT2D eigenvalue weighted by Crippen LogP contribution is 2.22. The van der Waals surface area contributed by atoms with E-state index in [9.17, 15) is 4.79 Å². The van der Waals surface area contributed by atoms with E-state index in [0.29, 0.717) is 6.54 Å². The molecule has 0 radical (unpaired) electrons. The molecule has 1 aliphatic rings. The molecule has 2 heterocycles. The number of rotatable bonds is 2. The molecule has 1 unspecified atom stereocenters. The van der Waals surface area contributed by atoms with Gasteiger partial charge in [-0.3, -0.25) is 4.79 Å². The normalized spacial score (nSPS) is 19.9. The predicted molar refractivity (Wildman–Crippen MR) is 59.1 cm³/mol. The highest BCUT2D eigenvalue weighted by atomic mass is 16.5. The van der Waals surface area contributed by atoms with Gasteiger partial charge < -0.3 is 9.64 Å². The van der Waals surface area contributed by atoms with E-state index in [1.54, 1.807) is 6.33 Å². The van der Waals surface area contributed by atoms with Crippen molar-refractivity contribution in [1.82, 2.24) is 9.97 Å². The number of anilines is 1. The molecule has 1 aliphatic heterocycles. The number of aromatic nitrogens is 2. The van der Waals surface area contributed by atoms with E-state index in [-0.39, 0.29) is 11.9 Å². The number of carbonyl (C=O) groups is 1. The van der Waals surface area contributed by atoms with E-state index >= 15 is 0 Å². The van der Waals surface area contributed by atoms with Gasteiger partial charge in [0.05, 0.1) is 13.0 Å². The van der Waals surface area contributed by atoms with Crippen LogP contribution in [0, 0.1) is 12.8 Å². The van der Waals surface area contributed by atoms with Crippen molar-refractivity contribution >= 4 is 11.8 Å². The summed E-state index contributed by atoms with van der Waals surface area (Å²) in [5.74, 6) is 0.729. The highest BCUT2D eigenvalue weighted by Gasteiger charge is 2.29. The third kappa shape index (κ3) is 2.13. The number of nitrogens with zero attached hydrogens (tertiary/aromatic N) is 3. The van der Waals surface area contributed by atoms with Crippen molar-refractivity contribution < 1.29 is 9.53 Å². The van der Waals surface area contributed by atoms with Gasteiger partial charge in [0, 0.05) is 24.8 Å². The first kappa shape index (κ1) is 10.9.